The first-order valence-corrected chi connectivity index (χ1v) is 28.2. The number of nitrogens with zero attached hydrogens (tertiary/aromatic N) is 2. The van der Waals surface area contributed by atoms with Crippen LogP contribution in [0.2, 0.25) is 0 Å². The predicted octanol–water partition coefficient (Wildman–Crippen LogP) is 10.8. The van der Waals surface area contributed by atoms with Gasteiger partial charge in [-0.05, 0) is 161 Å². The molecule has 67 heavy (non-hydrogen) atoms. The van der Waals surface area contributed by atoms with E-state index in [4.69, 9.17) is 15.2 Å². The number of allylic oxidation sites excluding steroid dienone is 4. The summed E-state index contributed by atoms with van der Waals surface area (Å²) in [6, 6.07) is 7.73. The van der Waals surface area contributed by atoms with Gasteiger partial charge in [-0.1, -0.05) is 93.4 Å². The van der Waals surface area contributed by atoms with Crippen LogP contribution >= 0.6 is 0 Å². The Balaban J connectivity index is 1.03. The molecule has 1 aromatic carbocycles. The Bertz CT molecular complexity index is 2460. The third kappa shape index (κ3) is 5.05. The Morgan fingerprint density at radius 2 is 1.72 bits per heavy atom. The van der Waals surface area contributed by atoms with Crippen molar-refractivity contribution < 1.29 is 24.2 Å². The van der Waals surface area contributed by atoms with Gasteiger partial charge in [0.15, 0.2) is 11.4 Å². The molecule has 0 amide bonds. The number of aliphatic hydroxyl groups excluding tert-OH is 1. The van der Waals surface area contributed by atoms with Gasteiger partial charge >= 0.3 is 11.9 Å². The molecule has 356 valence electrons. The van der Waals surface area contributed by atoms with Crippen molar-refractivity contribution in [3.8, 4) is 0 Å². The number of ether oxygens (including phenoxy) is 2. The third-order valence-corrected chi connectivity index (χ3v) is 23.2. The number of nitrogens with two attached hydrogens (primary N) is 1. The summed E-state index contributed by atoms with van der Waals surface area (Å²) in [5.74, 6) is 4.31. The lowest BCUT2D eigenvalue weighted by Gasteiger charge is -2.73. The van der Waals surface area contributed by atoms with Gasteiger partial charge in [0.1, 0.15) is 11.2 Å². The van der Waals surface area contributed by atoms with Gasteiger partial charge in [0.05, 0.1) is 11.0 Å². The van der Waals surface area contributed by atoms with Crippen LogP contribution in [0.1, 0.15) is 163 Å². The van der Waals surface area contributed by atoms with Gasteiger partial charge in [-0.15, -0.1) is 0 Å². The molecule has 7 heterocycles. The predicted molar refractivity (Wildman–Crippen MR) is 256 cm³/mol. The first kappa shape index (κ1) is 41.4. The van der Waals surface area contributed by atoms with E-state index in [1.165, 1.54) is 95.6 Å². The smallest absolute Gasteiger partial charge is 0.339 e. The van der Waals surface area contributed by atoms with Gasteiger partial charge in [-0.3, -0.25) is 9.69 Å². The van der Waals surface area contributed by atoms with Crippen molar-refractivity contribution in [2.24, 2.45) is 81.7 Å². The summed E-state index contributed by atoms with van der Waals surface area (Å²) in [7, 11) is 0. The highest BCUT2D eigenvalue weighted by atomic mass is 16.6. The maximum Gasteiger partial charge on any atom is 0.339 e. The monoisotopic (exact) mass is 906 g/mol. The van der Waals surface area contributed by atoms with Crippen molar-refractivity contribution in [3.63, 3.8) is 0 Å². The standard InChI is InChI=1S/C59H75N3O5/c1-32-25-38-18-20-46-39-27-40-31-62(46)52(38)50-42-22-23-57-54(53(63)41-19-21-45(40)61(30-39)47(41)26-33-9-3-2-4-10-33)66-56(65)58(57)48(59(57)44-15-7-13-35(14-8-24-60)49(44)55(64)67-59)29-36(34-11-5-6-12-34)16-17-37(51(42)58)28-43(32)50/h7,13,15-17,32-34,36-37,39-41,43,45-48,50,63H,2-6,8-12,14,18-31,60H2,1H3. The fourth-order valence-corrected chi connectivity index (χ4v) is 21.0. The van der Waals surface area contributed by atoms with Crippen LogP contribution in [0, 0.1) is 75.9 Å². The van der Waals surface area contributed by atoms with Gasteiger partial charge in [-0.2, -0.15) is 0 Å². The number of rotatable bonds is 6. The van der Waals surface area contributed by atoms with Crippen LogP contribution in [0.4, 0.5) is 0 Å². The molecule has 0 aromatic heterocycles. The van der Waals surface area contributed by atoms with E-state index >= 15 is 9.59 Å². The minimum Gasteiger partial charge on any atom is -0.508 e. The molecule has 14 aliphatic rings. The molecular formula is C59H75N3O5. The highest BCUT2D eigenvalue weighted by Gasteiger charge is 2.94. The molecule has 15 atom stereocenters. The average molecular weight is 906 g/mol. The normalized spacial score (nSPS) is 45.7. The number of aryl methyl sites for hydroxylation is 1. The number of carbonyl (C=O) groups is 2. The van der Waals surface area contributed by atoms with E-state index in [0.29, 0.717) is 90.0 Å². The lowest BCUT2D eigenvalue weighted by atomic mass is 9.27. The Kier molecular flexibility index (Phi) is 9.03. The van der Waals surface area contributed by atoms with Crippen molar-refractivity contribution >= 4 is 11.9 Å². The van der Waals surface area contributed by atoms with Gasteiger partial charge < -0.3 is 25.2 Å². The summed E-state index contributed by atoms with van der Waals surface area (Å²) < 4.78 is 14.7. The molecule has 7 fully saturated rings. The second-order valence-electron chi connectivity index (χ2n) is 25.4. The largest absolute Gasteiger partial charge is 0.508 e. The second-order valence-corrected chi connectivity index (χ2v) is 25.4. The number of fused-ring (bicyclic) bond motifs is 8. The zero-order valence-electron chi connectivity index (χ0n) is 40.2. The zero-order valence-corrected chi connectivity index (χ0v) is 40.2. The summed E-state index contributed by atoms with van der Waals surface area (Å²) in [6.07, 6.45) is 29.6. The van der Waals surface area contributed by atoms with Crippen LogP contribution < -0.4 is 5.73 Å². The topological polar surface area (TPSA) is 105 Å². The number of aliphatic hydroxyl groups is 1. The second kappa shape index (κ2) is 14.6. The number of benzene rings is 1. The molecule has 3 N–H and O–H groups in total. The number of piperidine rings is 3. The SMILES string of the molecule is CC1CC2=C3C4C5=C6C(C=CC(C7CCCC7)CC7C68C(=O)OC(=C(O)C6CCC9C%10CC(CN9C6CC6CCCCC6)C(CC2)N3C%10)C8(CC5)C72OC(=O)c3c(CCCN)cccc32)CC14. The molecule has 15 rings (SSSR count). The van der Waals surface area contributed by atoms with Crippen LogP contribution in [-0.4, -0.2) is 64.6 Å². The molecule has 7 aliphatic carbocycles. The summed E-state index contributed by atoms with van der Waals surface area (Å²) in [5.41, 5.74) is 12.0. The summed E-state index contributed by atoms with van der Waals surface area (Å²) >= 11 is 0. The van der Waals surface area contributed by atoms with Gasteiger partial charge in [0, 0.05) is 60.2 Å². The molecule has 1 aromatic rings. The Hall–Kier alpha value is -3.36. The van der Waals surface area contributed by atoms with Crippen molar-refractivity contribution in [2.75, 3.05) is 19.6 Å². The van der Waals surface area contributed by atoms with E-state index in [1.807, 2.05) is 0 Å². The van der Waals surface area contributed by atoms with E-state index in [2.05, 4.69) is 47.1 Å². The van der Waals surface area contributed by atoms with E-state index in [-0.39, 0.29) is 41.7 Å². The fraction of sp³-hybridized carbons (Fsp3) is 0.729. The van der Waals surface area contributed by atoms with E-state index in [9.17, 15) is 5.11 Å². The molecule has 7 bridgehead atoms. The molecule has 3 spiro atoms. The van der Waals surface area contributed by atoms with E-state index in [0.717, 1.165) is 62.6 Å². The van der Waals surface area contributed by atoms with Gasteiger partial charge in [-0.25, -0.2) is 4.79 Å². The molecule has 7 aliphatic heterocycles. The number of hydrogen-bond donors (Lipinski definition) is 2. The molecule has 0 radical (unpaired) electrons. The fourth-order valence-electron chi connectivity index (χ4n) is 21.0. The lowest BCUT2D eigenvalue weighted by molar-refractivity contribution is -0.282. The third-order valence-electron chi connectivity index (χ3n) is 23.2. The van der Waals surface area contributed by atoms with Crippen LogP contribution in [0.3, 0.4) is 0 Å². The average Bonchev–Trinajstić information content (AvgIpc) is 4.05. The minimum absolute atomic E-state index is 0.115. The number of carbonyl (C=O) groups excluding carboxylic acids is 2. The van der Waals surface area contributed by atoms with E-state index < -0.39 is 16.4 Å². The minimum atomic E-state index is -1.12. The number of esters is 2. The highest BCUT2D eigenvalue weighted by molar-refractivity contribution is 6.00. The Morgan fingerprint density at radius 1 is 0.881 bits per heavy atom. The molecule has 8 nitrogen and oxygen atoms in total. The highest BCUT2D eigenvalue weighted by Crippen LogP contribution is 2.88. The van der Waals surface area contributed by atoms with Crippen molar-refractivity contribution in [1.29, 1.82) is 0 Å². The van der Waals surface area contributed by atoms with Crippen LogP contribution in [0.25, 0.3) is 0 Å². The van der Waals surface area contributed by atoms with Crippen molar-refractivity contribution in [1.82, 2.24) is 9.80 Å². The zero-order chi connectivity index (χ0) is 44.7. The molecule has 15 unspecified atom stereocenters. The molecule has 4 saturated heterocycles. The van der Waals surface area contributed by atoms with Crippen LogP contribution in [0.5, 0.6) is 0 Å². The maximum atomic E-state index is 16.5. The van der Waals surface area contributed by atoms with Gasteiger partial charge in [0.2, 0.25) is 0 Å². The molecular weight excluding hydrogens is 831 g/mol. The van der Waals surface area contributed by atoms with E-state index in [1.54, 1.807) is 16.8 Å². The maximum absolute atomic E-state index is 16.5. The van der Waals surface area contributed by atoms with Gasteiger partial charge in [0.25, 0.3) is 0 Å². The summed E-state index contributed by atoms with van der Waals surface area (Å²) in [6.45, 7) is 5.41. The van der Waals surface area contributed by atoms with Crippen LogP contribution in [-0.2, 0) is 26.3 Å². The van der Waals surface area contributed by atoms with Crippen LogP contribution in [0.15, 0.2) is 64.3 Å². The molecule has 3 saturated carbocycles. The first-order chi connectivity index (χ1) is 32.8. The summed E-state index contributed by atoms with van der Waals surface area (Å²) in [5, 5.41) is 13.9. The summed E-state index contributed by atoms with van der Waals surface area (Å²) in [4.78, 5) is 37.7. The quantitative estimate of drug-likeness (QED) is 0.215. The Morgan fingerprint density at radius 3 is 2.57 bits per heavy atom. The van der Waals surface area contributed by atoms with Crippen molar-refractivity contribution in [3.05, 3.63) is 81.0 Å². The first-order valence-electron chi connectivity index (χ1n) is 28.2. The number of hydrogen-bond acceptors (Lipinski definition) is 8. The van der Waals surface area contributed by atoms with Crippen molar-refractivity contribution in [2.45, 2.75) is 172 Å². The lowest BCUT2D eigenvalue weighted by Crippen LogP contribution is -2.78. The Labute approximate surface area is 398 Å². The molecule has 8 heteroatoms.